The minimum Gasteiger partial charge on any atom is -0.477 e. The maximum absolute atomic E-state index is 10.5. The van der Waals surface area contributed by atoms with E-state index < -0.39 is 5.97 Å². The maximum atomic E-state index is 10.5. The van der Waals surface area contributed by atoms with Crippen LogP contribution in [0.2, 0.25) is 0 Å². The van der Waals surface area contributed by atoms with E-state index in [1.54, 1.807) is 34.7 Å². The third-order valence-corrected chi connectivity index (χ3v) is 1.85. The molecule has 0 amide bonds. The lowest BCUT2D eigenvalue weighted by Gasteiger charge is -2.01. The minimum absolute atomic E-state index is 0.347. The van der Waals surface area contributed by atoms with E-state index in [0.717, 1.165) is 0 Å². The number of hydrogen-bond acceptors (Lipinski definition) is 2. The minimum atomic E-state index is -0.871. The molecule has 0 atom stereocenters. The summed E-state index contributed by atoms with van der Waals surface area (Å²) in [4.78, 5) is 10.5. The largest absolute Gasteiger partial charge is 0.477 e. The molecule has 1 rings (SSSR count). The number of carboxylic acid groups (broad SMARTS) is 1. The highest BCUT2D eigenvalue weighted by atomic mass is 32.2. The summed E-state index contributed by atoms with van der Waals surface area (Å²) in [6.45, 7) is 0. The molecular weight excluding hydrogens is 162 g/mol. The van der Waals surface area contributed by atoms with E-state index in [-0.39, 0.29) is 0 Å². The Morgan fingerprint density at radius 2 is 2.55 bits per heavy atom. The summed E-state index contributed by atoms with van der Waals surface area (Å²) < 4.78 is 1.70. The van der Waals surface area contributed by atoms with Gasteiger partial charge in [0.05, 0.1) is 5.88 Å². The van der Waals surface area contributed by atoms with E-state index in [4.69, 9.17) is 5.11 Å². The van der Waals surface area contributed by atoms with Crippen molar-refractivity contribution >= 4 is 17.7 Å². The predicted molar refractivity (Wildman–Crippen MR) is 44.9 cm³/mol. The number of nitrogens with zero attached hydrogens (tertiary/aromatic N) is 1. The smallest absolute Gasteiger partial charge is 0.352 e. The molecule has 0 radical (unpaired) electrons. The first-order chi connectivity index (χ1) is 5.25. The van der Waals surface area contributed by atoms with Crippen molar-refractivity contribution in [1.29, 1.82) is 0 Å². The number of aromatic carboxylic acids is 1. The van der Waals surface area contributed by atoms with Crippen molar-refractivity contribution in [1.82, 2.24) is 4.57 Å². The van der Waals surface area contributed by atoms with Crippen molar-refractivity contribution < 1.29 is 9.90 Å². The van der Waals surface area contributed by atoms with Crippen LogP contribution in [0.5, 0.6) is 0 Å². The Labute approximate surface area is 69.0 Å². The fourth-order valence-corrected chi connectivity index (χ4v) is 1.36. The summed E-state index contributed by atoms with van der Waals surface area (Å²) in [5, 5.41) is 8.65. The summed E-state index contributed by atoms with van der Waals surface area (Å²) >= 11 is 1.59. The summed E-state index contributed by atoms with van der Waals surface area (Å²) in [5.41, 5.74) is 0.347. The zero-order valence-electron chi connectivity index (χ0n) is 6.15. The van der Waals surface area contributed by atoms with Gasteiger partial charge in [0.2, 0.25) is 0 Å². The Bertz CT molecular complexity index is 257. The lowest BCUT2D eigenvalue weighted by atomic mass is 10.4. The molecule has 1 N–H and O–H groups in total. The van der Waals surface area contributed by atoms with Crippen LogP contribution in [0.3, 0.4) is 0 Å². The number of aromatic nitrogens is 1. The fraction of sp³-hybridized carbons (Fsp3) is 0.286. The second-order valence-corrected chi connectivity index (χ2v) is 2.92. The van der Waals surface area contributed by atoms with Crippen LogP contribution >= 0.6 is 11.8 Å². The Morgan fingerprint density at radius 1 is 1.82 bits per heavy atom. The average molecular weight is 171 g/mol. The average Bonchev–Trinajstić information content (AvgIpc) is 2.36. The molecule has 3 nitrogen and oxygen atoms in total. The SMILES string of the molecule is CSCn1cccc1C(=O)O. The fourth-order valence-electron chi connectivity index (χ4n) is 0.860. The molecule has 0 aromatic carbocycles. The molecule has 0 saturated heterocycles. The van der Waals surface area contributed by atoms with Gasteiger partial charge in [0.1, 0.15) is 5.69 Å². The first-order valence-corrected chi connectivity index (χ1v) is 4.52. The van der Waals surface area contributed by atoms with Crippen LogP contribution in [0.4, 0.5) is 0 Å². The molecule has 11 heavy (non-hydrogen) atoms. The molecule has 0 unspecified atom stereocenters. The Kier molecular flexibility index (Phi) is 2.59. The van der Waals surface area contributed by atoms with Crippen LogP contribution in [0.1, 0.15) is 10.5 Å². The van der Waals surface area contributed by atoms with E-state index in [1.807, 2.05) is 6.26 Å². The van der Waals surface area contributed by atoms with Gasteiger partial charge >= 0.3 is 5.97 Å². The van der Waals surface area contributed by atoms with Crippen LogP contribution < -0.4 is 0 Å². The van der Waals surface area contributed by atoms with E-state index in [9.17, 15) is 4.79 Å². The molecule has 0 fully saturated rings. The number of carbonyl (C=O) groups is 1. The Balaban J connectivity index is 2.87. The van der Waals surface area contributed by atoms with Crippen molar-refractivity contribution in [3.63, 3.8) is 0 Å². The zero-order chi connectivity index (χ0) is 8.27. The van der Waals surface area contributed by atoms with Crippen LogP contribution in [0.25, 0.3) is 0 Å². The molecule has 0 aliphatic rings. The summed E-state index contributed by atoms with van der Waals surface area (Å²) in [7, 11) is 0. The van der Waals surface area contributed by atoms with E-state index in [2.05, 4.69) is 0 Å². The Hall–Kier alpha value is -0.900. The van der Waals surface area contributed by atoms with Gasteiger partial charge in [-0.1, -0.05) is 0 Å². The van der Waals surface area contributed by atoms with E-state index in [0.29, 0.717) is 11.6 Å². The molecule has 60 valence electrons. The molecule has 1 heterocycles. The lowest BCUT2D eigenvalue weighted by molar-refractivity contribution is 0.0686. The molecule has 4 heteroatoms. The Morgan fingerprint density at radius 3 is 3.09 bits per heavy atom. The molecule has 0 saturated carbocycles. The normalized spacial score (nSPS) is 9.91. The first-order valence-electron chi connectivity index (χ1n) is 3.13. The molecule has 1 aromatic rings. The van der Waals surface area contributed by atoms with Gasteiger partial charge in [0.25, 0.3) is 0 Å². The lowest BCUT2D eigenvalue weighted by Crippen LogP contribution is -2.05. The number of thioether (sulfide) groups is 1. The number of carboxylic acids is 1. The van der Waals surface area contributed by atoms with Gasteiger partial charge in [-0.3, -0.25) is 0 Å². The van der Waals surface area contributed by atoms with Gasteiger partial charge in [0.15, 0.2) is 0 Å². The highest BCUT2D eigenvalue weighted by molar-refractivity contribution is 7.97. The number of hydrogen-bond donors (Lipinski definition) is 1. The standard InChI is InChI=1S/C7H9NO2S/c1-11-5-8-4-2-3-6(8)7(9)10/h2-4H,5H2,1H3,(H,9,10). The van der Waals surface area contributed by atoms with Crippen LogP contribution in [-0.4, -0.2) is 21.9 Å². The molecule has 0 aliphatic carbocycles. The molecule has 0 aliphatic heterocycles. The second-order valence-electron chi connectivity index (χ2n) is 2.09. The van der Waals surface area contributed by atoms with Gasteiger partial charge < -0.3 is 9.67 Å². The second kappa shape index (κ2) is 3.48. The third-order valence-electron chi connectivity index (χ3n) is 1.32. The van der Waals surface area contributed by atoms with Crippen molar-refractivity contribution in [3.05, 3.63) is 24.0 Å². The van der Waals surface area contributed by atoms with Crippen LogP contribution in [0, 0.1) is 0 Å². The summed E-state index contributed by atoms with van der Waals surface area (Å²) in [6, 6.07) is 3.33. The molecule has 0 spiro atoms. The van der Waals surface area contributed by atoms with E-state index in [1.165, 1.54) is 0 Å². The van der Waals surface area contributed by atoms with Crippen molar-refractivity contribution in [3.8, 4) is 0 Å². The summed E-state index contributed by atoms with van der Waals surface area (Å²) in [5.74, 6) is -0.182. The summed E-state index contributed by atoms with van der Waals surface area (Å²) in [6.07, 6.45) is 3.70. The van der Waals surface area contributed by atoms with Crippen molar-refractivity contribution in [2.24, 2.45) is 0 Å². The van der Waals surface area contributed by atoms with Crippen molar-refractivity contribution in [2.75, 3.05) is 6.26 Å². The predicted octanol–water partition coefficient (Wildman–Crippen LogP) is 1.51. The first kappa shape index (κ1) is 8.20. The topological polar surface area (TPSA) is 42.2 Å². The molecule has 0 bridgehead atoms. The van der Waals surface area contributed by atoms with Crippen LogP contribution in [-0.2, 0) is 5.88 Å². The van der Waals surface area contributed by atoms with Gasteiger partial charge in [-0.2, -0.15) is 0 Å². The monoisotopic (exact) mass is 171 g/mol. The highest BCUT2D eigenvalue weighted by Crippen LogP contribution is 2.06. The van der Waals surface area contributed by atoms with Gasteiger partial charge in [-0.25, -0.2) is 4.79 Å². The van der Waals surface area contributed by atoms with Crippen LogP contribution in [0.15, 0.2) is 18.3 Å². The highest BCUT2D eigenvalue weighted by Gasteiger charge is 2.06. The zero-order valence-corrected chi connectivity index (χ0v) is 6.97. The third kappa shape index (κ3) is 1.77. The molecule has 1 aromatic heterocycles. The van der Waals surface area contributed by atoms with Gasteiger partial charge in [-0.05, 0) is 18.4 Å². The van der Waals surface area contributed by atoms with Gasteiger partial charge in [0, 0.05) is 6.20 Å². The maximum Gasteiger partial charge on any atom is 0.352 e. The van der Waals surface area contributed by atoms with Gasteiger partial charge in [-0.15, -0.1) is 11.8 Å². The molecular formula is C7H9NO2S. The van der Waals surface area contributed by atoms with Crippen molar-refractivity contribution in [2.45, 2.75) is 5.88 Å². The number of rotatable bonds is 3. The quantitative estimate of drug-likeness (QED) is 0.749. The van der Waals surface area contributed by atoms with E-state index >= 15 is 0 Å².